The summed E-state index contributed by atoms with van der Waals surface area (Å²) in [5.41, 5.74) is 1.20. The molecule has 1 N–H and O–H groups in total. The second kappa shape index (κ2) is 6.92. The molecule has 3 nitrogen and oxygen atoms in total. The van der Waals surface area contributed by atoms with Crippen molar-refractivity contribution in [2.75, 3.05) is 20.2 Å². The number of aliphatic hydroxyl groups excluding tert-OH is 1. The number of rotatable bonds is 7. The lowest BCUT2D eigenvalue weighted by molar-refractivity contribution is 0.112. The van der Waals surface area contributed by atoms with Gasteiger partial charge in [-0.05, 0) is 38.6 Å². The van der Waals surface area contributed by atoms with Crippen molar-refractivity contribution in [1.82, 2.24) is 4.90 Å². The molecule has 0 fully saturated rings. The second-order valence-corrected chi connectivity index (χ2v) is 6.31. The van der Waals surface area contributed by atoms with Crippen molar-refractivity contribution < 1.29 is 9.84 Å². The van der Waals surface area contributed by atoms with E-state index in [2.05, 4.69) is 37.9 Å². The lowest BCUT2D eigenvalue weighted by Gasteiger charge is -2.28. The number of aliphatic hydroxyl groups is 1. The highest BCUT2D eigenvalue weighted by Gasteiger charge is 2.18. The maximum Gasteiger partial charge on any atom is 0.119 e. The first-order valence-corrected chi connectivity index (χ1v) is 6.87. The molecular formula is C16H27NO2. The number of ether oxygens (including phenoxy) is 1. The number of hydrogen-bond acceptors (Lipinski definition) is 3. The summed E-state index contributed by atoms with van der Waals surface area (Å²) in [6.07, 6.45) is 0.207. The molecule has 0 heterocycles. The van der Waals surface area contributed by atoms with E-state index in [-0.39, 0.29) is 18.1 Å². The van der Waals surface area contributed by atoms with Crippen molar-refractivity contribution in [2.24, 2.45) is 5.41 Å². The van der Waals surface area contributed by atoms with Crippen LogP contribution >= 0.6 is 0 Å². The highest BCUT2D eigenvalue weighted by molar-refractivity contribution is 5.27. The average molecular weight is 265 g/mol. The third kappa shape index (κ3) is 6.08. The zero-order chi connectivity index (χ0) is 14.5. The van der Waals surface area contributed by atoms with E-state index in [1.807, 2.05) is 26.0 Å². The molecule has 3 heteroatoms. The van der Waals surface area contributed by atoms with Crippen LogP contribution in [0.25, 0.3) is 0 Å². The SMILES string of the molecule is CC(C)Oc1ccc(CN(C)CC(C)(C)CO)cc1. The summed E-state index contributed by atoms with van der Waals surface area (Å²) >= 11 is 0. The maximum absolute atomic E-state index is 9.29. The topological polar surface area (TPSA) is 32.7 Å². The Morgan fingerprint density at radius 1 is 1.21 bits per heavy atom. The molecule has 19 heavy (non-hydrogen) atoms. The van der Waals surface area contributed by atoms with E-state index in [0.717, 1.165) is 18.8 Å². The quantitative estimate of drug-likeness (QED) is 0.823. The Bertz CT molecular complexity index is 371. The summed E-state index contributed by atoms with van der Waals surface area (Å²) in [5, 5.41) is 9.29. The summed E-state index contributed by atoms with van der Waals surface area (Å²) in [5.74, 6) is 0.914. The summed E-state index contributed by atoms with van der Waals surface area (Å²) in [4.78, 5) is 2.23. The number of hydrogen-bond donors (Lipinski definition) is 1. The van der Waals surface area contributed by atoms with Crippen LogP contribution in [0.2, 0.25) is 0 Å². The Hall–Kier alpha value is -1.06. The molecule has 108 valence electrons. The van der Waals surface area contributed by atoms with Gasteiger partial charge < -0.3 is 14.7 Å². The normalized spacial score (nSPS) is 12.2. The summed E-state index contributed by atoms with van der Waals surface area (Å²) in [7, 11) is 2.08. The van der Waals surface area contributed by atoms with Crippen LogP contribution in [-0.4, -0.2) is 36.3 Å². The van der Waals surface area contributed by atoms with Gasteiger partial charge in [-0.3, -0.25) is 0 Å². The van der Waals surface area contributed by atoms with Gasteiger partial charge in [-0.2, -0.15) is 0 Å². The first kappa shape index (κ1) is 16.0. The Balaban J connectivity index is 2.53. The number of benzene rings is 1. The Morgan fingerprint density at radius 3 is 2.26 bits per heavy atom. The van der Waals surface area contributed by atoms with Crippen LogP contribution in [0.4, 0.5) is 0 Å². The molecule has 0 saturated heterocycles. The lowest BCUT2D eigenvalue weighted by Crippen LogP contribution is -2.33. The van der Waals surface area contributed by atoms with Gasteiger partial charge in [0.25, 0.3) is 0 Å². The minimum Gasteiger partial charge on any atom is -0.491 e. The molecule has 0 aromatic heterocycles. The van der Waals surface area contributed by atoms with Crippen molar-refractivity contribution in [1.29, 1.82) is 0 Å². The van der Waals surface area contributed by atoms with Gasteiger partial charge in [0.2, 0.25) is 0 Å². The molecule has 0 aliphatic heterocycles. The predicted molar refractivity (Wildman–Crippen MR) is 79.4 cm³/mol. The molecule has 0 atom stereocenters. The van der Waals surface area contributed by atoms with Crippen LogP contribution in [0.5, 0.6) is 5.75 Å². The first-order chi connectivity index (χ1) is 8.82. The van der Waals surface area contributed by atoms with E-state index in [1.165, 1.54) is 5.56 Å². The first-order valence-electron chi connectivity index (χ1n) is 6.87. The molecular weight excluding hydrogens is 238 g/mol. The molecule has 0 spiro atoms. The van der Waals surface area contributed by atoms with E-state index < -0.39 is 0 Å². The molecule has 0 aliphatic rings. The fourth-order valence-corrected chi connectivity index (χ4v) is 2.09. The van der Waals surface area contributed by atoms with Crippen molar-refractivity contribution in [3.63, 3.8) is 0 Å². The van der Waals surface area contributed by atoms with Crippen LogP contribution in [0.3, 0.4) is 0 Å². The van der Waals surface area contributed by atoms with Gasteiger partial charge in [-0.15, -0.1) is 0 Å². The third-order valence-electron chi connectivity index (χ3n) is 2.87. The van der Waals surface area contributed by atoms with E-state index >= 15 is 0 Å². The molecule has 0 bridgehead atoms. The number of nitrogens with zero attached hydrogens (tertiary/aromatic N) is 1. The van der Waals surface area contributed by atoms with Crippen molar-refractivity contribution in [2.45, 2.75) is 40.3 Å². The fraction of sp³-hybridized carbons (Fsp3) is 0.625. The van der Waals surface area contributed by atoms with E-state index in [4.69, 9.17) is 4.74 Å². The van der Waals surface area contributed by atoms with Gasteiger partial charge in [0, 0.05) is 25.1 Å². The third-order valence-corrected chi connectivity index (χ3v) is 2.87. The molecule has 1 aromatic rings. The zero-order valence-electron chi connectivity index (χ0n) is 12.8. The minimum atomic E-state index is -0.0601. The van der Waals surface area contributed by atoms with Gasteiger partial charge in [0.15, 0.2) is 0 Å². The molecule has 1 aromatic carbocycles. The van der Waals surface area contributed by atoms with Crippen LogP contribution < -0.4 is 4.74 Å². The van der Waals surface area contributed by atoms with Crippen LogP contribution in [0.15, 0.2) is 24.3 Å². The van der Waals surface area contributed by atoms with Gasteiger partial charge in [0.05, 0.1) is 6.10 Å². The van der Waals surface area contributed by atoms with Gasteiger partial charge in [-0.1, -0.05) is 26.0 Å². The Kier molecular flexibility index (Phi) is 5.83. The van der Waals surface area contributed by atoms with Gasteiger partial charge in [0.1, 0.15) is 5.75 Å². The summed E-state index contributed by atoms with van der Waals surface area (Å²) in [6.45, 7) is 10.2. The molecule has 0 amide bonds. The van der Waals surface area contributed by atoms with Crippen LogP contribution in [-0.2, 0) is 6.54 Å². The van der Waals surface area contributed by atoms with Gasteiger partial charge >= 0.3 is 0 Å². The highest BCUT2D eigenvalue weighted by Crippen LogP contribution is 2.18. The highest BCUT2D eigenvalue weighted by atomic mass is 16.5. The second-order valence-electron chi connectivity index (χ2n) is 6.31. The Labute approximate surface area is 117 Å². The van der Waals surface area contributed by atoms with Crippen LogP contribution in [0, 0.1) is 5.41 Å². The average Bonchev–Trinajstić information content (AvgIpc) is 2.30. The van der Waals surface area contributed by atoms with Crippen LogP contribution in [0.1, 0.15) is 33.3 Å². The Morgan fingerprint density at radius 2 is 1.79 bits per heavy atom. The minimum absolute atomic E-state index is 0.0601. The molecule has 0 aliphatic carbocycles. The lowest BCUT2D eigenvalue weighted by atomic mass is 9.94. The fourth-order valence-electron chi connectivity index (χ4n) is 2.09. The van der Waals surface area contributed by atoms with Crippen molar-refractivity contribution in [3.8, 4) is 5.75 Å². The molecule has 0 radical (unpaired) electrons. The summed E-state index contributed by atoms with van der Waals surface area (Å²) in [6, 6.07) is 8.22. The van der Waals surface area contributed by atoms with Gasteiger partial charge in [-0.25, -0.2) is 0 Å². The van der Waals surface area contributed by atoms with E-state index in [9.17, 15) is 5.11 Å². The summed E-state index contributed by atoms with van der Waals surface area (Å²) < 4.78 is 5.63. The predicted octanol–water partition coefficient (Wildman–Crippen LogP) is 2.92. The smallest absolute Gasteiger partial charge is 0.119 e. The van der Waals surface area contributed by atoms with E-state index in [1.54, 1.807) is 0 Å². The largest absolute Gasteiger partial charge is 0.491 e. The molecule has 0 saturated carbocycles. The van der Waals surface area contributed by atoms with Crippen molar-refractivity contribution in [3.05, 3.63) is 29.8 Å². The maximum atomic E-state index is 9.29. The standard InChI is InChI=1S/C16H27NO2/c1-13(2)19-15-8-6-14(7-9-15)10-17(5)11-16(3,4)12-18/h6-9,13,18H,10-12H2,1-5H3. The monoisotopic (exact) mass is 265 g/mol. The van der Waals surface area contributed by atoms with Crippen molar-refractivity contribution >= 4 is 0 Å². The van der Waals surface area contributed by atoms with E-state index in [0.29, 0.717) is 0 Å². The zero-order valence-corrected chi connectivity index (χ0v) is 12.8. The molecule has 1 rings (SSSR count). The molecule has 0 unspecified atom stereocenters.